The molecule has 0 aliphatic carbocycles. The second-order valence-corrected chi connectivity index (χ2v) is 3.24. The highest BCUT2D eigenvalue weighted by Gasteiger charge is 2.11. The van der Waals surface area contributed by atoms with E-state index < -0.39 is 5.97 Å². The number of hydrogen-bond donors (Lipinski definition) is 1. The largest absolute Gasteiger partial charge is 0.508 e. The summed E-state index contributed by atoms with van der Waals surface area (Å²) in [4.78, 5) is 11.2. The summed E-state index contributed by atoms with van der Waals surface area (Å²) in [7, 11) is 1.30. The number of phenolic OH excluding ortho intramolecular Hbond substituents is 1. The number of hydrogen-bond acceptors (Lipinski definition) is 4. The molecular formula is C12H10O4. The first kappa shape index (κ1) is 10.3. The first-order valence-electron chi connectivity index (χ1n) is 4.67. The van der Waals surface area contributed by atoms with Crippen LogP contribution in [0.4, 0.5) is 0 Å². The Balaban J connectivity index is 2.31. The highest BCUT2D eigenvalue weighted by atomic mass is 16.5. The molecule has 2 rings (SSSR count). The molecule has 0 aliphatic heterocycles. The molecule has 0 aliphatic rings. The van der Waals surface area contributed by atoms with Gasteiger partial charge in [0.2, 0.25) is 5.76 Å². The van der Waals surface area contributed by atoms with Gasteiger partial charge in [0.1, 0.15) is 5.75 Å². The fraction of sp³-hybridized carbons (Fsp3) is 0.0833. The van der Waals surface area contributed by atoms with E-state index in [2.05, 4.69) is 4.74 Å². The van der Waals surface area contributed by atoms with Crippen LogP contribution in [0.15, 0.2) is 41.0 Å². The van der Waals surface area contributed by atoms with Crippen molar-refractivity contribution in [2.45, 2.75) is 0 Å². The van der Waals surface area contributed by atoms with Crippen LogP contribution in [-0.2, 0) is 4.74 Å². The van der Waals surface area contributed by atoms with Crippen LogP contribution in [0.5, 0.6) is 5.75 Å². The highest BCUT2D eigenvalue weighted by molar-refractivity contribution is 5.88. The summed E-state index contributed by atoms with van der Waals surface area (Å²) < 4.78 is 9.60. The number of benzene rings is 1. The van der Waals surface area contributed by atoms with Crippen molar-refractivity contribution in [1.29, 1.82) is 0 Å². The predicted molar refractivity (Wildman–Crippen MR) is 57.1 cm³/mol. The highest BCUT2D eigenvalue weighted by Crippen LogP contribution is 2.24. The summed E-state index contributed by atoms with van der Waals surface area (Å²) in [6.07, 6.45) is 1.47. The number of furan rings is 1. The summed E-state index contributed by atoms with van der Waals surface area (Å²) in [5.74, 6) is -0.156. The lowest BCUT2D eigenvalue weighted by Crippen LogP contribution is -1.98. The van der Waals surface area contributed by atoms with E-state index >= 15 is 0 Å². The lowest BCUT2D eigenvalue weighted by Gasteiger charge is -1.96. The summed E-state index contributed by atoms with van der Waals surface area (Å²) in [5.41, 5.74) is 1.62. The van der Waals surface area contributed by atoms with Crippen molar-refractivity contribution in [3.63, 3.8) is 0 Å². The summed E-state index contributed by atoms with van der Waals surface area (Å²) in [6.45, 7) is 0. The second-order valence-electron chi connectivity index (χ2n) is 3.24. The van der Waals surface area contributed by atoms with Crippen molar-refractivity contribution in [3.05, 3.63) is 42.4 Å². The molecular weight excluding hydrogens is 208 g/mol. The van der Waals surface area contributed by atoms with Gasteiger partial charge in [0.15, 0.2) is 0 Å². The van der Waals surface area contributed by atoms with Crippen molar-refractivity contribution in [1.82, 2.24) is 0 Å². The van der Waals surface area contributed by atoms with Crippen LogP contribution in [0.25, 0.3) is 11.1 Å². The van der Waals surface area contributed by atoms with Crippen LogP contribution >= 0.6 is 0 Å². The van der Waals surface area contributed by atoms with Gasteiger partial charge in [0.05, 0.1) is 13.4 Å². The molecule has 82 valence electrons. The van der Waals surface area contributed by atoms with Gasteiger partial charge in [-0.25, -0.2) is 4.79 Å². The van der Waals surface area contributed by atoms with Gasteiger partial charge in [-0.15, -0.1) is 0 Å². The molecule has 1 N–H and O–H groups in total. The fourth-order valence-electron chi connectivity index (χ4n) is 1.35. The minimum absolute atomic E-state index is 0.158. The van der Waals surface area contributed by atoms with Gasteiger partial charge in [-0.2, -0.15) is 0 Å². The number of rotatable bonds is 2. The number of esters is 1. The molecule has 2 aromatic rings. The Morgan fingerprint density at radius 1 is 1.25 bits per heavy atom. The first-order valence-corrected chi connectivity index (χ1v) is 4.67. The van der Waals surface area contributed by atoms with Crippen molar-refractivity contribution in [2.24, 2.45) is 0 Å². The van der Waals surface area contributed by atoms with E-state index in [9.17, 15) is 4.79 Å². The number of methoxy groups -OCH3 is 1. The maximum Gasteiger partial charge on any atom is 0.373 e. The molecule has 0 amide bonds. The van der Waals surface area contributed by atoms with Crippen molar-refractivity contribution in [2.75, 3.05) is 7.11 Å². The second kappa shape index (κ2) is 4.10. The van der Waals surface area contributed by atoms with E-state index in [1.165, 1.54) is 13.4 Å². The lowest BCUT2D eigenvalue weighted by molar-refractivity contribution is 0.0565. The number of phenols is 1. The average Bonchev–Trinajstić information content (AvgIpc) is 2.78. The van der Waals surface area contributed by atoms with E-state index in [4.69, 9.17) is 9.52 Å². The Bertz CT molecular complexity index is 496. The number of carbonyl (C=O) groups excluding carboxylic acids is 1. The van der Waals surface area contributed by atoms with Gasteiger partial charge >= 0.3 is 5.97 Å². The Kier molecular flexibility index (Phi) is 2.64. The molecule has 4 nitrogen and oxygen atoms in total. The average molecular weight is 218 g/mol. The Hall–Kier alpha value is -2.23. The summed E-state index contributed by atoms with van der Waals surface area (Å²) in [6, 6.07) is 8.21. The molecule has 0 saturated carbocycles. The van der Waals surface area contributed by atoms with Gasteiger partial charge in [-0.05, 0) is 23.8 Å². The molecule has 16 heavy (non-hydrogen) atoms. The van der Waals surface area contributed by atoms with Crippen LogP contribution < -0.4 is 0 Å². The Labute approximate surface area is 92.1 Å². The van der Waals surface area contributed by atoms with Gasteiger partial charge in [-0.1, -0.05) is 12.1 Å². The van der Waals surface area contributed by atoms with Gasteiger partial charge in [0, 0.05) is 5.56 Å². The number of aromatic hydroxyl groups is 1. The minimum Gasteiger partial charge on any atom is -0.508 e. The Morgan fingerprint density at radius 3 is 2.56 bits per heavy atom. The lowest BCUT2D eigenvalue weighted by atomic mass is 10.1. The van der Waals surface area contributed by atoms with Crippen LogP contribution in [0, 0.1) is 0 Å². The first-order chi connectivity index (χ1) is 7.70. The zero-order valence-electron chi connectivity index (χ0n) is 8.64. The molecule has 4 heteroatoms. The third kappa shape index (κ3) is 1.91. The van der Waals surface area contributed by atoms with Crippen LogP contribution in [0.3, 0.4) is 0 Å². The third-order valence-corrected chi connectivity index (χ3v) is 2.19. The maximum atomic E-state index is 11.2. The topological polar surface area (TPSA) is 59.7 Å². The van der Waals surface area contributed by atoms with E-state index in [1.807, 2.05) is 0 Å². The Morgan fingerprint density at radius 2 is 1.94 bits per heavy atom. The van der Waals surface area contributed by atoms with E-state index in [0.717, 1.165) is 11.1 Å². The third-order valence-electron chi connectivity index (χ3n) is 2.19. The monoisotopic (exact) mass is 218 g/mol. The molecule has 0 fully saturated rings. The molecule has 0 spiro atoms. The molecule has 1 aromatic carbocycles. The molecule has 0 atom stereocenters. The standard InChI is InChI=1S/C12H10O4/c1-15-12(14)11-6-9(7-16-11)8-2-4-10(13)5-3-8/h2-7,13H,1H3. The summed E-state index contributed by atoms with van der Waals surface area (Å²) >= 11 is 0. The van der Waals surface area contributed by atoms with Gasteiger partial charge in [0.25, 0.3) is 0 Å². The van der Waals surface area contributed by atoms with Crippen molar-refractivity contribution < 1.29 is 19.1 Å². The summed E-state index contributed by atoms with van der Waals surface area (Å²) in [5, 5.41) is 9.14. The minimum atomic E-state index is -0.509. The SMILES string of the molecule is COC(=O)c1cc(-c2ccc(O)cc2)co1. The predicted octanol–water partition coefficient (Wildman–Crippen LogP) is 2.44. The van der Waals surface area contributed by atoms with E-state index in [1.54, 1.807) is 30.3 Å². The van der Waals surface area contributed by atoms with Crippen molar-refractivity contribution in [3.8, 4) is 16.9 Å². The molecule has 0 saturated heterocycles. The zero-order chi connectivity index (χ0) is 11.5. The van der Waals surface area contributed by atoms with E-state index in [0.29, 0.717) is 0 Å². The molecule has 0 radical (unpaired) electrons. The van der Waals surface area contributed by atoms with E-state index in [-0.39, 0.29) is 11.5 Å². The quantitative estimate of drug-likeness (QED) is 0.786. The maximum absolute atomic E-state index is 11.2. The molecule has 1 heterocycles. The molecule has 1 aromatic heterocycles. The zero-order valence-corrected chi connectivity index (χ0v) is 8.64. The molecule has 0 unspecified atom stereocenters. The normalized spacial score (nSPS) is 10.1. The van der Waals surface area contributed by atoms with Crippen LogP contribution in [0.2, 0.25) is 0 Å². The van der Waals surface area contributed by atoms with Crippen LogP contribution in [-0.4, -0.2) is 18.2 Å². The van der Waals surface area contributed by atoms with Crippen molar-refractivity contribution >= 4 is 5.97 Å². The smallest absolute Gasteiger partial charge is 0.373 e. The van der Waals surface area contributed by atoms with Gasteiger partial charge in [-0.3, -0.25) is 0 Å². The number of ether oxygens (including phenoxy) is 1. The van der Waals surface area contributed by atoms with Crippen LogP contribution in [0.1, 0.15) is 10.6 Å². The fourth-order valence-corrected chi connectivity index (χ4v) is 1.35. The molecule has 0 bridgehead atoms. The number of carbonyl (C=O) groups is 1. The van der Waals surface area contributed by atoms with Gasteiger partial charge < -0.3 is 14.3 Å².